The van der Waals surface area contributed by atoms with Crippen LogP contribution in [0.1, 0.15) is 43.7 Å². The fourth-order valence-corrected chi connectivity index (χ4v) is 6.82. The second kappa shape index (κ2) is 8.09. The minimum Gasteiger partial charge on any atom is -0.506 e. The smallest absolute Gasteiger partial charge is 0.229 e. The number of ketones is 1. The topological polar surface area (TPSA) is 148 Å². The van der Waals surface area contributed by atoms with Crippen LogP contribution in [0.25, 0.3) is 5.76 Å². The van der Waals surface area contributed by atoms with Crippen molar-refractivity contribution in [1.29, 1.82) is 0 Å². The first-order chi connectivity index (χ1) is 16.4. The second-order valence-corrected chi connectivity index (χ2v) is 13.0. The van der Waals surface area contributed by atoms with Crippen LogP contribution in [0, 0.1) is 5.92 Å². The first-order valence-electron chi connectivity index (χ1n) is 11.2. The van der Waals surface area contributed by atoms with Crippen LogP contribution in [0.15, 0.2) is 57.3 Å². The van der Waals surface area contributed by atoms with Gasteiger partial charge in [-0.05, 0) is 43.0 Å². The molecular weight excluding hydrogens is 490 g/mol. The van der Waals surface area contributed by atoms with E-state index in [1.165, 1.54) is 18.2 Å². The van der Waals surface area contributed by atoms with Crippen LogP contribution >= 0.6 is 10.8 Å². The Morgan fingerprint density at radius 1 is 1.20 bits per heavy atom. The van der Waals surface area contributed by atoms with E-state index in [0.717, 1.165) is 31.1 Å². The first kappa shape index (κ1) is 23.9. The summed E-state index contributed by atoms with van der Waals surface area (Å²) in [7, 11) is -7.38. The Kier molecular flexibility index (Phi) is 5.51. The number of hydrogen-bond donors (Lipinski definition) is 5. The van der Waals surface area contributed by atoms with Crippen molar-refractivity contribution >= 4 is 49.6 Å². The third-order valence-corrected chi connectivity index (χ3v) is 8.92. The van der Waals surface area contributed by atoms with Crippen LogP contribution in [0.3, 0.4) is 0 Å². The third-order valence-electron chi connectivity index (χ3n) is 6.95. The molecule has 2 aliphatic carbocycles. The summed E-state index contributed by atoms with van der Waals surface area (Å²) in [5.41, 5.74) is 0.669. The number of Topliss-reactive ketones (excluding diaryl/α,β-unsaturated/α-hetero) is 1. The number of aliphatic hydroxyl groups is 1. The molecule has 1 fully saturated rings. The molecule has 11 heteroatoms. The van der Waals surface area contributed by atoms with E-state index in [2.05, 4.69) is 14.4 Å². The molecule has 1 heterocycles. The molecule has 0 bridgehead atoms. The molecule has 1 unspecified atom stereocenters. The first-order valence-corrected chi connectivity index (χ1v) is 14.6. The minimum absolute atomic E-state index is 0.0177. The van der Waals surface area contributed by atoms with Gasteiger partial charge in [-0.3, -0.25) is 18.6 Å². The number of aliphatic hydroxyl groups excluding tert-OH is 1. The van der Waals surface area contributed by atoms with E-state index in [0.29, 0.717) is 17.9 Å². The van der Waals surface area contributed by atoms with Crippen molar-refractivity contribution in [3.8, 4) is 0 Å². The van der Waals surface area contributed by atoms with Gasteiger partial charge in [-0.15, -0.1) is 4.40 Å². The molecule has 1 aliphatic heterocycles. The van der Waals surface area contributed by atoms with Gasteiger partial charge in [0.05, 0.1) is 23.0 Å². The number of fused-ring (bicyclic) bond motifs is 2. The molecule has 9 nitrogen and oxygen atoms in total. The van der Waals surface area contributed by atoms with E-state index in [1.807, 2.05) is 19.1 Å². The van der Waals surface area contributed by atoms with Gasteiger partial charge in [0.2, 0.25) is 10.0 Å². The number of nitrogens with zero attached hydrogens (tertiary/aromatic N) is 1. The van der Waals surface area contributed by atoms with Gasteiger partial charge in [-0.25, -0.2) is 8.42 Å². The fourth-order valence-electron chi connectivity index (χ4n) is 5.07. The normalized spacial score (nSPS) is 24.5. The summed E-state index contributed by atoms with van der Waals surface area (Å²) in [6, 6.07) is 11.4. The van der Waals surface area contributed by atoms with Gasteiger partial charge in [0.1, 0.15) is 16.2 Å². The summed E-state index contributed by atoms with van der Waals surface area (Å²) in [6.45, 7) is 1.87. The molecule has 1 atom stereocenters. The summed E-state index contributed by atoms with van der Waals surface area (Å²) in [5.74, 6) is -0.322. The molecule has 2 aromatic carbocycles. The standard InChI is InChI=1S/C24H27N3O6S2/c1-24(13-14-6-5-7-14)17-9-4-3-8-16(17)21(28)20(22(24)29)23-25-18-11-10-15(26-34(2,30)31)12-19(18)35(32,33)27-23/h3-4,8-12,14,26,28,32-33H,5-7,13H2,1-2H3,(H,25,27). The van der Waals surface area contributed by atoms with Gasteiger partial charge in [0, 0.05) is 5.56 Å². The quantitative estimate of drug-likeness (QED) is 0.378. The van der Waals surface area contributed by atoms with E-state index in [-0.39, 0.29) is 39.2 Å². The molecule has 0 aromatic heterocycles. The van der Waals surface area contributed by atoms with Crippen molar-refractivity contribution in [1.82, 2.24) is 0 Å². The maximum atomic E-state index is 14.0. The monoisotopic (exact) mass is 517 g/mol. The maximum Gasteiger partial charge on any atom is 0.229 e. The van der Waals surface area contributed by atoms with Crippen molar-refractivity contribution in [3.05, 3.63) is 59.2 Å². The summed E-state index contributed by atoms with van der Waals surface area (Å²) < 4.78 is 51.2. The highest BCUT2D eigenvalue weighted by Crippen LogP contribution is 2.57. The minimum atomic E-state index is -3.80. The molecule has 0 amide bonds. The van der Waals surface area contributed by atoms with Crippen LogP contribution in [0.2, 0.25) is 0 Å². The maximum absolute atomic E-state index is 14.0. The van der Waals surface area contributed by atoms with Gasteiger partial charge in [0.15, 0.2) is 11.6 Å². The largest absolute Gasteiger partial charge is 0.506 e. The Hall–Kier alpha value is -2.86. The summed E-state index contributed by atoms with van der Waals surface area (Å²) in [5, 5.41) is 14.1. The predicted octanol–water partition coefficient (Wildman–Crippen LogP) is 4.91. The van der Waals surface area contributed by atoms with Crippen molar-refractivity contribution in [3.63, 3.8) is 0 Å². The predicted molar refractivity (Wildman–Crippen MR) is 137 cm³/mol. The summed E-state index contributed by atoms with van der Waals surface area (Å²) in [4.78, 5) is 13.9. The number of hydrogen-bond acceptors (Lipinski definition) is 8. The average Bonchev–Trinajstić information content (AvgIpc) is 2.74. The van der Waals surface area contributed by atoms with Crippen LogP contribution in [0.5, 0.6) is 0 Å². The van der Waals surface area contributed by atoms with E-state index in [1.54, 1.807) is 12.1 Å². The van der Waals surface area contributed by atoms with Crippen LogP contribution < -0.4 is 10.0 Å². The number of anilines is 2. The second-order valence-electron chi connectivity index (χ2n) is 9.60. The third kappa shape index (κ3) is 4.12. The van der Waals surface area contributed by atoms with Gasteiger partial charge in [-0.2, -0.15) is 0 Å². The van der Waals surface area contributed by atoms with Crippen LogP contribution in [0.4, 0.5) is 11.4 Å². The van der Waals surface area contributed by atoms with Crippen LogP contribution in [-0.2, 0) is 20.2 Å². The Labute approximate surface area is 205 Å². The molecule has 3 aliphatic rings. The van der Waals surface area contributed by atoms with Crippen molar-refractivity contribution in [2.24, 2.45) is 10.3 Å². The zero-order valence-electron chi connectivity index (χ0n) is 19.3. The summed E-state index contributed by atoms with van der Waals surface area (Å²) >= 11 is 0. The lowest BCUT2D eigenvalue weighted by atomic mass is 9.63. The van der Waals surface area contributed by atoms with E-state index < -0.39 is 26.2 Å². The number of amidine groups is 1. The molecule has 0 saturated heterocycles. The number of carbonyl (C=O) groups excluding carboxylic acids is 1. The molecule has 5 rings (SSSR count). The van der Waals surface area contributed by atoms with Crippen molar-refractivity contribution in [2.75, 3.05) is 16.3 Å². The summed E-state index contributed by atoms with van der Waals surface area (Å²) in [6.07, 6.45) is 4.84. The molecule has 2 aromatic rings. The number of nitrogens with one attached hydrogen (secondary N) is 2. The Morgan fingerprint density at radius 2 is 1.91 bits per heavy atom. The van der Waals surface area contributed by atoms with Crippen molar-refractivity contribution < 1.29 is 27.4 Å². The lowest BCUT2D eigenvalue weighted by molar-refractivity contribution is -0.121. The fraction of sp³-hybridized carbons (Fsp3) is 0.333. The molecule has 0 spiro atoms. The van der Waals surface area contributed by atoms with E-state index in [9.17, 15) is 27.4 Å². The number of rotatable bonds is 5. The van der Waals surface area contributed by atoms with Gasteiger partial charge in [0.25, 0.3) is 0 Å². The molecule has 35 heavy (non-hydrogen) atoms. The van der Waals surface area contributed by atoms with Gasteiger partial charge >= 0.3 is 0 Å². The Bertz CT molecular complexity index is 1410. The zero-order valence-corrected chi connectivity index (χ0v) is 20.9. The van der Waals surface area contributed by atoms with Crippen LogP contribution in [-0.4, -0.2) is 40.5 Å². The number of carbonyl (C=O) groups is 1. The highest BCUT2D eigenvalue weighted by Gasteiger charge is 2.48. The lowest BCUT2D eigenvalue weighted by Gasteiger charge is -2.41. The molecule has 1 saturated carbocycles. The average molecular weight is 518 g/mol. The molecule has 186 valence electrons. The van der Waals surface area contributed by atoms with Gasteiger partial charge in [-0.1, -0.05) is 54.3 Å². The number of sulfonamides is 1. The molecule has 0 radical (unpaired) electrons. The van der Waals surface area contributed by atoms with E-state index >= 15 is 0 Å². The molecular formula is C24H27N3O6S2. The number of benzene rings is 2. The van der Waals surface area contributed by atoms with Crippen molar-refractivity contribution in [2.45, 2.75) is 42.9 Å². The molecule has 5 N–H and O–H groups in total. The highest BCUT2D eigenvalue weighted by molar-refractivity contribution is 8.23. The Morgan fingerprint density at radius 3 is 2.57 bits per heavy atom. The SMILES string of the molecule is CC1(CC2CCC2)C(=O)C(C2=NS(O)(O)c3cc(NS(C)(=O)=O)ccc3N2)=C(O)c2ccccc21. The van der Waals surface area contributed by atoms with Gasteiger partial charge < -0.3 is 10.4 Å². The van der Waals surface area contributed by atoms with E-state index in [4.69, 9.17) is 0 Å². The highest BCUT2D eigenvalue weighted by atomic mass is 32.3. The lowest BCUT2D eigenvalue weighted by Crippen LogP contribution is -2.44. The Balaban J connectivity index is 1.60. The zero-order chi connectivity index (χ0) is 25.2.